The predicted octanol–water partition coefficient (Wildman–Crippen LogP) is 4.67. The fraction of sp³-hybridized carbons (Fsp3) is 0.357. The van der Waals surface area contributed by atoms with Crippen LogP contribution in [0.2, 0.25) is 0 Å². The van der Waals surface area contributed by atoms with Crippen molar-refractivity contribution in [3.05, 3.63) is 92.4 Å². The minimum atomic E-state index is -0.580. The smallest absolute Gasteiger partial charge is 0.412 e. The van der Waals surface area contributed by atoms with Gasteiger partial charge in [-0.2, -0.15) is 0 Å². The Bertz CT molecular complexity index is 1490. The van der Waals surface area contributed by atoms with Crippen molar-refractivity contribution in [3.8, 4) is 0 Å². The van der Waals surface area contributed by atoms with Gasteiger partial charge in [0.15, 0.2) is 5.65 Å². The number of amides is 1. The van der Waals surface area contributed by atoms with E-state index in [0.29, 0.717) is 35.6 Å². The van der Waals surface area contributed by atoms with E-state index < -0.39 is 11.7 Å². The van der Waals surface area contributed by atoms with Crippen LogP contribution in [0.25, 0.3) is 11.2 Å². The fourth-order valence-corrected chi connectivity index (χ4v) is 4.04. The highest BCUT2D eigenvalue weighted by Crippen LogP contribution is 2.16. The molecule has 0 saturated carbocycles. The standard InChI is InChI=1S/C28H33N5O4/c1-5-6-16-32-24-23(25(34)33(27(32)36)18-20-10-8-7-9-11-20)30-22(31-24)17-19-12-14-21(15-13-19)29-26(35)37-28(2,3)4/h7-15H,5-6,16-18H2,1-4H3,(H,29,35)(H,30,31). The molecule has 194 valence electrons. The van der Waals surface area contributed by atoms with Gasteiger partial charge in [-0.25, -0.2) is 14.6 Å². The summed E-state index contributed by atoms with van der Waals surface area (Å²) in [6.07, 6.45) is 1.62. The molecular formula is C28H33N5O4. The van der Waals surface area contributed by atoms with E-state index in [1.54, 1.807) is 37.5 Å². The van der Waals surface area contributed by atoms with Crippen LogP contribution in [0.3, 0.4) is 0 Å². The zero-order valence-electron chi connectivity index (χ0n) is 21.7. The van der Waals surface area contributed by atoms with E-state index in [4.69, 9.17) is 4.74 Å². The molecule has 0 unspecified atom stereocenters. The first-order valence-electron chi connectivity index (χ1n) is 12.5. The molecule has 4 aromatic rings. The number of carbonyl (C=O) groups excluding carboxylic acids is 1. The molecule has 0 saturated heterocycles. The molecule has 0 spiro atoms. The molecule has 2 N–H and O–H groups in total. The minimum absolute atomic E-state index is 0.195. The van der Waals surface area contributed by atoms with Crippen LogP contribution in [0.4, 0.5) is 10.5 Å². The highest BCUT2D eigenvalue weighted by Gasteiger charge is 2.18. The van der Waals surface area contributed by atoms with Crippen molar-refractivity contribution >= 4 is 22.9 Å². The Balaban J connectivity index is 1.62. The van der Waals surface area contributed by atoms with Crippen molar-refractivity contribution in [1.82, 2.24) is 19.1 Å². The van der Waals surface area contributed by atoms with Gasteiger partial charge in [-0.3, -0.25) is 19.2 Å². The zero-order valence-corrected chi connectivity index (χ0v) is 21.7. The minimum Gasteiger partial charge on any atom is -0.444 e. The van der Waals surface area contributed by atoms with Crippen LogP contribution < -0.4 is 16.6 Å². The molecule has 2 aromatic carbocycles. The Labute approximate surface area is 215 Å². The number of rotatable bonds is 8. The average Bonchev–Trinajstić information content (AvgIpc) is 3.26. The number of anilines is 1. The summed E-state index contributed by atoms with van der Waals surface area (Å²) in [4.78, 5) is 46.5. The monoisotopic (exact) mass is 503 g/mol. The van der Waals surface area contributed by atoms with Crippen molar-refractivity contribution < 1.29 is 9.53 Å². The van der Waals surface area contributed by atoms with E-state index in [1.807, 2.05) is 42.5 Å². The molecule has 0 bridgehead atoms. The Kier molecular flexibility index (Phi) is 7.61. The fourth-order valence-electron chi connectivity index (χ4n) is 4.04. The average molecular weight is 504 g/mol. The third-order valence-corrected chi connectivity index (χ3v) is 5.80. The number of benzene rings is 2. The molecule has 0 atom stereocenters. The highest BCUT2D eigenvalue weighted by atomic mass is 16.6. The number of hydrogen-bond acceptors (Lipinski definition) is 5. The molecule has 1 amide bonds. The Hall–Kier alpha value is -4.14. The Morgan fingerprint density at radius 1 is 1.00 bits per heavy atom. The first-order valence-corrected chi connectivity index (χ1v) is 12.5. The van der Waals surface area contributed by atoms with E-state index in [1.165, 1.54) is 4.57 Å². The number of imidazole rings is 1. The second-order valence-corrected chi connectivity index (χ2v) is 10.0. The largest absolute Gasteiger partial charge is 0.444 e. The van der Waals surface area contributed by atoms with Gasteiger partial charge in [0.05, 0.1) is 6.54 Å². The van der Waals surface area contributed by atoms with Crippen molar-refractivity contribution in [2.75, 3.05) is 5.32 Å². The van der Waals surface area contributed by atoms with Gasteiger partial charge in [0.1, 0.15) is 16.9 Å². The molecule has 2 heterocycles. The summed E-state index contributed by atoms with van der Waals surface area (Å²) >= 11 is 0. The number of fused-ring (bicyclic) bond motifs is 1. The van der Waals surface area contributed by atoms with Crippen molar-refractivity contribution in [3.63, 3.8) is 0 Å². The number of hydrogen-bond donors (Lipinski definition) is 2. The lowest BCUT2D eigenvalue weighted by Crippen LogP contribution is -2.40. The third-order valence-electron chi connectivity index (χ3n) is 5.80. The molecule has 0 fully saturated rings. The SMILES string of the molecule is CCCCn1c(=O)n(Cc2ccccc2)c(=O)c2[nH]c(Cc3ccc(NC(=O)OC(C)(C)C)cc3)nc21. The summed E-state index contributed by atoms with van der Waals surface area (Å²) in [5.74, 6) is 0.585. The predicted molar refractivity (Wildman–Crippen MR) is 144 cm³/mol. The van der Waals surface area contributed by atoms with Gasteiger partial charge in [0, 0.05) is 18.7 Å². The van der Waals surface area contributed by atoms with Gasteiger partial charge >= 0.3 is 11.8 Å². The van der Waals surface area contributed by atoms with E-state index in [0.717, 1.165) is 24.0 Å². The normalized spacial score (nSPS) is 11.6. The Morgan fingerprint density at radius 3 is 2.35 bits per heavy atom. The lowest BCUT2D eigenvalue weighted by molar-refractivity contribution is 0.0636. The molecule has 9 heteroatoms. The van der Waals surface area contributed by atoms with E-state index in [-0.39, 0.29) is 17.8 Å². The maximum Gasteiger partial charge on any atom is 0.412 e. The molecule has 0 aliphatic carbocycles. The van der Waals surface area contributed by atoms with Gasteiger partial charge in [-0.1, -0.05) is 55.8 Å². The molecule has 0 aliphatic rings. The van der Waals surface area contributed by atoms with Crippen molar-refractivity contribution in [2.45, 2.75) is 65.6 Å². The van der Waals surface area contributed by atoms with E-state index >= 15 is 0 Å². The summed E-state index contributed by atoms with van der Waals surface area (Å²) < 4.78 is 8.15. The molecule has 0 aliphatic heterocycles. The van der Waals surface area contributed by atoms with Crippen LogP contribution in [0.5, 0.6) is 0 Å². The van der Waals surface area contributed by atoms with E-state index in [9.17, 15) is 14.4 Å². The van der Waals surface area contributed by atoms with Gasteiger partial charge in [0.2, 0.25) is 0 Å². The molecule has 0 radical (unpaired) electrons. The molecular weight excluding hydrogens is 470 g/mol. The first-order chi connectivity index (χ1) is 17.6. The lowest BCUT2D eigenvalue weighted by Gasteiger charge is -2.19. The van der Waals surface area contributed by atoms with Crippen LogP contribution in [0.15, 0.2) is 64.2 Å². The van der Waals surface area contributed by atoms with Crippen LogP contribution in [-0.2, 0) is 24.2 Å². The zero-order chi connectivity index (χ0) is 26.6. The number of aryl methyl sites for hydroxylation is 1. The molecule has 2 aromatic heterocycles. The summed E-state index contributed by atoms with van der Waals surface area (Å²) in [7, 11) is 0. The number of unbranched alkanes of at least 4 members (excludes halogenated alkanes) is 1. The maximum absolute atomic E-state index is 13.3. The van der Waals surface area contributed by atoms with Crippen LogP contribution in [0, 0.1) is 0 Å². The van der Waals surface area contributed by atoms with E-state index in [2.05, 4.69) is 22.2 Å². The summed E-state index contributed by atoms with van der Waals surface area (Å²) in [6, 6.07) is 16.8. The summed E-state index contributed by atoms with van der Waals surface area (Å²) in [5.41, 5.74) is 1.81. The molecule has 4 rings (SSSR count). The number of H-pyrrole nitrogens is 1. The third kappa shape index (κ3) is 6.35. The van der Waals surface area contributed by atoms with Gasteiger partial charge < -0.3 is 9.72 Å². The lowest BCUT2D eigenvalue weighted by atomic mass is 10.1. The number of nitrogens with zero attached hydrogens (tertiary/aromatic N) is 3. The molecule has 9 nitrogen and oxygen atoms in total. The number of nitrogens with one attached hydrogen (secondary N) is 2. The van der Waals surface area contributed by atoms with Crippen LogP contribution >= 0.6 is 0 Å². The number of aromatic amines is 1. The summed E-state index contributed by atoms with van der Waals surface area (Å²) in [5, 5.41) is 2.71. The van der Waals surface area contributed by atoms with Crippen LogP contribution in [0.1, 0.15) is 57.5 Å². The topological polar surface area (TPSA) is 111 Å². The van der Waals surface area contributed by atoms with Crippen molar-refractivity contribution in [1.29, 1.82) is 0 Å². The van der Waals surface area contributed by atoms with Crippen molar-refractivity contribution in [2.24, 2.45) is 0 Å². The second-order valence-electron chi connectivity index (χ2n) is 10.0. The first kappa shape index (κ1) is 25.9. The molecule has 37 heavy (non-hydrogen) atoms. The van der Waals surface area contributed by atoms with Crippen LogP contribution in [-0.4, -0.2) is 30.8 Å². The second kappa shape index (κ2) is 10.9. The number of ether oxygens (including phenoxy) is 1. The van der Waals surface area contributed by atoms with Gasteiger partial charge in [-0.05, 0) is 50.5 Å². The highest BCUT2D eigenvalue weighted by molar-refractivity contribution is 5.84. The quantitative estimate of drug-likeness (QED) is 0.363. The Morgan fingerprint density at radius 2 is 1.70 bits per heavy atom. The van der Waals surface area contributed by atoms with Gasteiger partial charge in [0.25, 0.3) is 5.56 Å². The number of aromatic nitrogens is 4. The summed E-state index contributed by atoms with van der Waals surface area (Å²) in [6.45, 7) is 8.15. The number of carbonyl (C=O) groups is 1. The maximum atomic E-state index is 13.3. The van der Waals surface area contributed by atoms with Gasteiger partial charge in [-0.15, -0.1) is 0 Å².